The lowest BCUT2D eigenvalue weighted by Crippen LogP contribution is -2.64. The molecule has 1 aliphatic rings. The maximum atomic E-state index is 9.18. The molecule has 0 aromatic rings. The molecule has 0 saturated heterocycles. The van der Waals surface area contributed by atoms with E-state index in [0.29, 0.717) is 6.42 Å². The second-order valence-corrected chi connectivity index (χ2v) is 2.90. The third-order valence-electron chi connectivity index (χ3n) is 2.19. The molecule has 60 valence electrons. The van der Waals surface area contributed by atoms with Crippen molar-refractivity contribution < 1.29 is 21.1 Å². The average molecular weight is 148 g/mol. The Morgan fingerprint density at radius 2 is 2.00 bits per heavy atom. The number of aliphatic hydroxyl groups is 3. The minimum atomic E-state index is -0.785. The van der Waals surface area contributed by atoms with Crippen molar-refractivity contribution in [3.05, 3.63) is 0 Å². The largest absolute Gasteiger partial charge is 0.396 e. The fourth-order valence-electron chi connectivity index (χ4n) is 1.45. The molecule has 0 bridgehead atoms. The molecule has 0 amide bonds. The Labute approximate surface area is 59.3 Å². The third-order valence-corrected chi connectivity index (χ3v) is 2.19. The quantitative estimate of drug-likeness (QED) is 0.327. The van der Waals surface area contributed by atoms with Crippen LogP contribution in [0.25, 0.3) is 0 Å². The first-order valence-corrected chi connectivity index (χ1v) is 3.47. The number of aliphatic hydroxyl groups excluding tert-OH is 3. The topological polar surface area (TPSA) is 88.3 Å². The molecule has 10 heavy (non-hydrogen) atoms. The van der Waals surface area contributed by atoms with Crippen molar-refractivity contribution in [3.63, 3.8) is 0 Å². The smallest absolute Gasteiger partial charge is 0.0946 e. The maximum Gasteiger partial charge on any atom is 0.0946 e. The SMILES string of the molecule is [NH3+][C@H]1C[C@H](O)[C@@H](O)[C@@H]1CO. The fraction of sp³-hybridized carbons (Fsp3) is 1.00. The minimum Gasteiger partial charge on any atom is -0.396 e. The van der Waals surface area contributed by atoms with E-state index in [9.17, 15) is 5.11 Å². The van der Waals surface area contributed by atoms with E-state index in [1.54, 1.807) is 0 Å². The van der Waals surface area contributed by atoms with Crippen LogP contribution in [0.3, 0.4) is 0 Å². The summed E-state index contributed by atoms with van der Waals surface area (Å²) < 4.78 is 0. The van der Waals surface area contributed by atoms with Gasteiger partial charge in [0.2, 0.25) is 0 Å². The summed E-state index contributed by atoms with van der Waals surface area (Å²) in [6.07, 6.45) is -0.987. The van der Waals surface area contributed by atoms with Gasteiger partial charge in [-0.2, -0.15) is 0 Å². The van der Waals surface area contributed by atoms with Crippen molar-refractivity contribution in [2.45, 2.75) is 24.7 Å². The van der Waals surface area contributed by atoms with Crippen LogP contribution in [-0.2, 0) is 0 Å². The summed E-state index contributed by atoms with van der Waals surface area (Å²) in [6, 6.07) is -0.0185. The predicted molar refractivity (Wildman–Crippen MR) is 33.9 cm³/mol. The summed E-state index contributed by atoms with van der Waals surface area (Å²) in [5.74, 6) is -0.241. The molecular formula is C6H14NO3+. The molecule has 1 aliphatic carbocycles. The van der Waals surface area contributed by atoms with E-state index in [1.807, 2.05) is 0 Å². The Morgan fingerprint density at radius 1 is 1.40 bits per heavy atom. The van der Waals surface area contributed by atoms with Gasteiger partial charge < -0.3 is 21.1 Å². The van der Waals surface area contributed by atoms with Gasteiger partial charge in [0.25, 0.3) is 0 Å². The lowest BCUT2D eigenvalue weighted by Gasteiger charge is -2.13. The van der Waals surface area contributed by atoms with Gasteiger partial charge in [0.05, 0.1) is 30.8 Å². The molecule has 4 atom stereocenters. The van der Waals surface area contributed by atoms with Gasteiger partial charge in [-0.25, -0.2) is 0 Å². The molecule has 0 aliphatic heterocycles. The van der Waals surface area contributed by atoms with Crippen LogP contribution in [0.5, 0.6) is 0 Å². The lowest BCUT2D eigenvalue weighted by atomic mass is 10.0. The monoisotopic (exact) mass is 148 g/mol. The minimum absolute atomic E-state index is 0.0185. The van der Waals surface area contributed by atoms with Crippen molar-refractivity contribution in [1.82, 2.24) is 0 Å². The van der Waals surface area contributed by atoms with Crippen LogP contribution in [-0.4, -0.2) is 40.2 Å². The number of hydrogen-bond donors (Lipinski definition) is 4. The number of quaternary nitrogens is 1. The first kappa shape index (κ1) is 7.94. The van der Waals surface area contributed by atoms with Crippen LogP contribution < -0.4 is 5.73 Å². The van der Waals surface area contributed by atoms with Crippen LogP contribution in [0.1, 0.15) is 6.42 Å². The zero-order chi connectivity index (χ0) is 7.72. The average Bonchev–Trinajstić information content (AvgIpc) is 2.09. The van der Waals surface area contributed by atoms with Crippen molar-refractivity contribution >= 4 is 0 Å². The standard InChI is InChI=1S/C6H13NO3/c7-4-1-5(9)6(10)3(4)2-8/h3-6,8-10H,1-2,7H2/p+1/t3-,4+,5+,6+/m1/s1. The van der Waals surface area contributed by atoms with Gasteiger partial charge >= 0.3 is 0 Å². The number of hydrogen-bond acceptors (Lipinski definition) is 3. The van der Waals surface area contributed by atoms with E-state index in [4.69, 9.17) is 10.2 Å². The third kappa shape index (κ3) is 1.15. The fourth-order valence-corrected chi connectivity index (χ4v) is 1.45. The zero-order valence-corrected chi connectivity index (χ0v) is 5.77. The highest BCUT2D eigenvalue weighted by Gasteiger charge is 2.41. The van der Waals surface area contributed by atoms with E-state index in [1.165, 1.54) is 0 Å². The normalized spacial score (nSPS) is 48.0. The Kier molecular flexibility index (Phi) is 2.25. The van der Waals surface area contributed by atoms with Gasteiger partial charge in [0.15, 0.2) is 0 Å². The highest BCUT2D eigenvalue weighted by atomic mass is 16.3. The Morgan fingerprint density at radius 3 is 2.20 bits per heavy atom. The summed E-state index contributed by atoms with van der Waals surface area (Å²) in [4.78, 5) is 0. The summed E-state index contributed by atoms with van der Waals surface area (Å²) in [5.41, 5.74) is 3.71. The van der Waals surface area contributed by atoms with Crippen molar-refractivity contribution in [1.29, 1.82) is 0 Å². The molecule has 1 fully saturated rings. The Balaban J connectivity index is 2.55. The van der Waals surface area contributed by atoms with Crippen LogP contribution in [0, 0.1) is 5.92 Å². The molecule has 1 saturated carbocycles. The summed E-state index contributed by atoms with van der Waals surface area (Å²) in [7, 11) is 0. The summed E-state index contributed by atoms with van der Waals surface area (Å²) in [5, 5.41) is 27.0. The van der Waals surface area contributed by atoms with Gasteiger partial charge in [-0.15, -0.1) is 0 Å². The lowest BCUT2D eigenvalue weighted by molar-refractivity contribution is -0.431. The molecule has 0 radical (unpaired) electrons. The van der Waals surface area contributed by atoms with Gasteiger partial charge in [0, 0.05) is 6.42 Å². The van der Waals surface area contributed by atoms with Crippen molar-refractivity contribution in [3.8, 4) is 0 Å². The van der Waals surface area contributed by atoms with Gasteiger partial charge in [-0.1, -0.05) is 0 Å². The highest BCUT2D eigenvalue weighted by Crippen LogP contribution is 2.23. The van der Waals surface area contributed by atoms with Crippen LogP contribution in [0.4, 0.5) is 0 Å². The van der Waals surface area contributed by atoms with E-state index >= 15 is 0 Å². The molecule has 4 nitrogen and oxygen atoms in total. The molecule has 1 rings (SSSR count). The molecular weight excluding hydrogens is 134 g/mol. The predicted octanol–water partition coefficient (Wildman–Crippen LogP) is -2.67. The molecule has 0 aromatic heterocycles. The second-order valence-electron chi connectivity index (χ2n) is 2.90. The molecule has 0 unspecified atom stereocenters. The Bertz CT molecular complexity index is 120. The first-order chi connectivity index (χ1) is 4.66. The molecule has 0 spiro atoms. The number of rotatable bonds is 1. The van der Waals surface area contributed by atoms with E-state index in [0.717, 1.165) is 0 Å². The molecule has 0 aromatic carbocycles. The van der Waals surface area contributed by atoms with E-state index in [-0.39, 0.29) is 18.6 Å². The van der Waals surface area contributed by atoms with Gasteiger partial charge in [0.1, 0.15) is 0 Å². The molecule has 4 heteroatoms. The van der Waals surface area contributed by atoms with Crippen LogP contribution >= 0.6 is 0 Å². The summed E-state index contributed by atoms with van der Waals surface area (Å²) in [6.45, 7) is -0.0909. The highest BCUT2D eigenvalue weighted by molar-refractivity contribution is 4.89. The zero-order valence-electron chi connectivity index (χ0n) is 5.77. The van der Waals surface area contributed by atoms with Crippen LogP contribution in [0.2, 0.25) is 0 Å². The van der Waals surface area contributed by atoms with E-state index < -0.39 is 12.2 Å². The van der Waals surface area contributed by atoms with Crippen LogP contribution in [0.15, 0.2) is 0 Å². The van der Waals surface area contributed by atoms with E-state index in [2.05, 4.69) is 5.73 Å². The molecule has 0 heterocycles. The van der Waals surface area contributed by atoms with Gasteiger partial charge in [-0.05, 0) is 0 Å². The summed E-state index contributed by atoms with van der Waals surface area (Å²) >= 11 is 0. The van der Waals surface area contributed by atoms with Crippen molar-refractivity contribution in [2.24, 2.45) is 5.92 Å². The first-order valence-electron chi connectivity index (χ1n) is 3.47. The second kappa shape index (κ2) is 2.84. The maximum absolute atomic E-state index is 9.18. The van der Waals surface area contributed by atoms with Crippen molar-refractivity contribution in [2.75, 3.05) is 6.61 Å². The molecule has 6 N–H and O–H groups in total. The Hall–Kier alpha value is -0.160. The van der Waals surface area contributed by atoms with Gasteiger partial charge in [-0.3, -0.25) is 0 Å².